The molecule has 0 radical (unpaired) electrons. The van der Waals surface area contributed by atoms with Gasteiger partial charge in [-0.15, -0.1) is 0 Å². The summed E-state index contributed by atoms with van der Waals surface area (Å²) in [5, 5.41) is 3.94. The van der Waals surface area contributed by atoms with E-state index < -0.39 is 24.3 Å². The molecule has 3 atom stereocenters. The predicted octanol–water partition coefficient (Wildman–Crippen LogP) is 3.20. The van der Waals surface area contributed by atoms with Crippen LogP contribution in [0.25, 0.3) is 0 Å². The van der Waals surface area contributed by atoms with Gasteiger partial charge in [0.05, 0.1) is 0 Å². The zero-order valence-electron chi connectivity index (χ0n) is 15.0. The number of carbonyl (C=O) groups excluding carboxylic acids is 1. The number of nitrogens with zero attached hydrogens (tertiary/aromatic N) is 2. The third-order valence-electron chi connectivity index (χ3n) is 3.83. The summed E-state index contributed by atoms with van der Waals surface area (Å²) in [6.07, 6.45) is -2.01. The first-order valence-corrected chi connectivity index (χ1v) is 8.22. The molecule has 0 amide bonds. The van der Waals surface area contributed by atoms with E-state index in [9.17, 15) is 4.79 Å². The summed E-state index contributed by atoms with van der Waals surface area (Å²) < 4.78 is 22.1. The minimum Gasteiger partial charge on any atom is -0.482 e. The lowest BCUT2D eigenvalue weighted by atomic mass is 9.96. The van der Waals surface area contributed by atoms with E-state index in [0.29, 0.717) is 17.3 Å². The number of aromatic nitrogens is 2. The van der Waals surface area contributed by atoms with Crippen molar-refractivity contribution < 1.29 is 23.5 Å². The number of hydrogen-bond acceptors (Lipinski definition) is 7. The summed E-state index contributed by atoms with van der Waals surface area (Å²) in [7, 11) is 0. The smallest absolute Gasteiger partial charge is 0.352 e. The van der Waals surface area contributed by atoms with Gasteiger partial charge in [0, 0.05) is 5.41 Å². The monoisotopic (exact) mass is 346 g/mol. The highest BCUT2D eigenvalue weighted by Gasteiger charge is 2.37. The van der Waals surface area contributed by atoms with E-state index in [1.165, 1.54) is 0 Å². The Labute approximate surface area is 146 Å². The molecule has 3 unspecified atom stereocenters. The van der Waals surface area contributed by atoms with Crippen LogP contribution in [0.3, 0.4) is 0 Å². The van der Waals surface area contributed by atoms with E-state index in [1.54, 1.807) is 26.0 Å². The van der Waals surface area contributed by atoms with Crippen molar-refractivity contribution in [3.63, 3.8) is 0 Å². The molecular formula is C18H22N2O5. The van der Waals surface area contributed by atoms with Gasteiger partial charge in [0.15, 0.2) is 23.4 Å². The van der Waals surface area contributed by atoms with Crippen molar-refractivity contribution in [3.8, 4) is 11.5 Å². The van der Waals surface area contributed by atoms with Crippen LogP contribution in [0, 0.1) is 0 Å². The van der Waals surface area contributed by atoms with E-state index in [-0.39, 0.29) is 11.3 Å². The maximum atomic E-state index is 12.5. The molecule has 1 aromatic carbocycles. The Morgan fingerprint density at radius 2 is 1.84 bits per heavy atom. The van der Waals surface area contributed by atoms with Crippen LogP contribution in [-0.4, -0.2) is 28.3 Å². The highest BCUT2D eigenvalue weighted by molar-refractivity contribution is 5.76. The molecule has 0 saturated carbocycles. The summed E-state index contributed by atoms with van der Waals surface area (Å²) in [6.45, 7) is 9.37. The lowest BCUT2D eigenvalue weighted by Crippen LogP contribution is -2.44. The Bertz CT molecular complexity index is 765. The lowest BCUT2D eigenvalue weighted by molar-refractivity contribution is -0.164. The molecule has 2 heterocycles. The third-order valence-corrected chi connectivity index (χ3v) is 3.83. The van der Waals surface area contributed by atoms with Gasteiger partial charge in [-0.1, -0.05) is 38.1 Å². The predicted molar refractivity (Wildman–Crippen MR) is 88.5 cm³/mol. The first-order chi connectivity index (χ1) is 11.8. The number of fused-ring (bicyclic) bond motifs is 1. The van der Waals surface area contributed by atoms with Crippen LogP contribution >= 0.6 is 0 Å². The second kappa shape index (κ2) is 6.38. The quantitative estimate of drug-likeness (QED) is 0.789. The van der Waals surface area contributed by atoms with Crippen LogP contribution in [0.1, 0.15) is 52.4 Å². The molecule has 25 heavy (non-hydrogen) atoms. The molecule has 0 spiro atoms. The van der Waals surface area contributed by atoms with Crippen molar-refractivity contribution in [2.75, 3.05) is 0 Å². The maximum absolute atomic E-state index is 12.5. The van der Waals surface area contributed by atoms with Crippen molar-refractivity contribution in [1.82, 2.24) is 10.1 Å². The fourth-order valence-corrected chi connectivity index (χ4v) is 2.38. The van der Waals surface area contributed by atoms with E-state index in [0.717, 1.165) is 0 Å². The molecule has 1 aliphatic heterocycles. The van der Waals surface area contributed by atoms with Crippen LogP contribution in [0.4, 0.5) is 0 Å². The van der Waals surface area contributed by atoms with Crippen molar-refractivity contribution in [1.29, 1.82) is 0 Å². The number of hydrogen-bond donors (Lipinski definition) is 0. The van der Waals surface area contributed by atoms with Gasteiger partial charge < -0.3 is 18.7 Å². The molecular weight excluding hydrogens is 324 g/mol. The van der Waals surface area contributed by atoms with E-state index >= 15 is 0 Å². The van der Waals surface area contributed by atoms with E-state index in [1.807, 2.05) is 32.9 Å². The largest absolute Gasteiger partial charge is 0.482 e. The first-order valence-electron chi connectivity index (χ1n) is 8.22. The molecule has 7 heteroatoms. The van der Waals surface area contributed by atoms with E-state index in [2.05, 4.69) is 10.1 Å². The van der Waals surface area contributed by atoms with Gasteiger partial charge in [-0.3, -0.25) is 0 Å². The molecule has 0 saturated heterocycles. The van der Waals surface area contributed by atoms with Crippen LogP contribution in [0.5, 0.6) is 11.5 Å². The number of benzene rings is 1. The molecule has 0 bridgehead atoms. The number of ether oxygens (including phenoxy) is 3. The molecule has 0 aliphatic carbocycles. The van der Waals surface area contributed by atoms with Gasteiger partial charge in [0.2, 0.25) is 6.10 Å². The van der Waals surface area contributed by atoms with Gasteiger partial charge in [-0.25, -0.2) is 4.79 Å². The van der Waals surface area contributed by atoms with Gasteiger partial charge in [0.1, 0.15) is 6.10 Å². The molecule has 134 valence electrons. The molecule has 1 aromatic heterocycles. The highest BCUT2D eigenvalue weighted by atomic mass is 16.6. The molecule has 0 N–H and O–H groups in total. The Balaban J connectivity index is 1.69. The molecule has 7 nitrogen and oxygen atoms in total. The van der Waals surface area contributed by atoms with Crippen LogP contribution in [0.15, 0.2) is 28.8 Å². The van der Waals surface area contributed by atoms with Crippen molar-refractivity contribution >= 4 is 5.97 Å². The second-order valence-corrected chi connectivity index (χ2v) is 7.09. The fraction of sp³-hybridized carbons (Fsp3) is 0.500. The zero-order chi connectivity index (χ0) is 18.2. The summed E-state index contributed by atoms with van der Waals surface area (Å²) in [4.78, 5) is 16.8. The highest BCUT2D eigenvalue weighted by Crippen LogP contribution is 2.34. The summed E-state index contributed by atoms with van der Waals surface area (Å²) in [5.74, 6) is 1.40. The van der Waals surface area contributed by atoms with Gasteiger partial charge in [-0.05, 0) is 26.0 Å². The molecule has 2 aromatic rings. The van der Waals surface area contributed by atoms with Gasteiger partial charge >= 0.3 is 5.97 Å². The Hall–Kier alpha value is -2.57. The minimum absolute atomic E-state index is 0.246. The number of rotatable bonds is 3. The Morgan fingerprint density at radius 3 is 2.44 bits per heavy atom. The minimum atomic E-state index is -0.859. The average molecular weight is 346 g/mol. The average Bonchev–Trinajstić information content (AvgIpc) is 3.04. The third kappa shape index (κ3) is 3.60. The Morgan fingerprint density at radius 1 is 1.20 bits per heavy atom. The van der Waals surface area contributed by atoms with Gasteiger partial charge in [-0.2, -0.15) is 4.98 Å². The normalized spacial score (nSPS) is 20.8. The summed E-state index contributed by atoms with van der Waals surface area (Å²) in [5.41, 5.74) is -0.246. The topological polar surface area (TPSA) is 83.7 Å². The molecule has 3 rings (SSSR count). The number of para-hydroxylation sites is 2. The summed E-state index contributed by atoms with van der Waals surface area (Å²) in [6, 6.07) is 7.20. The Kier molecular flexibility index (Phi) is 4.41. The SMILES string of the molecule is CC(OC(=O)C1Oc2ccccc2OC1C)c1nc(C(C)(C)C)no1. The van der Waals surface area contributed by atoms with Crippen molar-refractivity contribution in [3.05, 3.63) is 36.0 Å². The van der Waals surface area contributed by atoms with Crippen LogP contribution in [0.2, 0.25) is 0 Å². The maximum Gasteiger partial charge on any atom is 0.352 e. The van der Waals surface area contributed by atoms with E-state index in [4.69, 9.17) is 18.7 Å². The zero-order valence-corrected chi connectivity index (χ0v) is 15.0. The van der Waals surface area contributed by atoms with Gasteiger partial charge in [0.25, 0.3) is 5.89 Å². The van der Waals surface area contributed by atoms with Crippen molar-refractivity contribution in [2.24, 2.45) is 0 Å². The standard InChI is InChI=1S/C18H22N2O5/c1-10-14(24-13-9-7-6-8-12(13)22-10)16(21)23-11(2)15-19-17(20-25-15)18(3,4)5/h6-11,14H,1-5H3. The lowest BCUT2D eigenvalue weighted by Gasteiger charge is -2.30. The fourth-order valence-electron chi connectivity index (χ4n) is 2.38. The van der Waals surface area contributed by atoms with Crippen LogP contribution < -0.4 is 9.47 Å². The second-order valence-electron chi connectivity index (χ2n) is 7.09. The molecule has 0 fully saturated rings. The summed E-state index contributed by atoms with van der Waals surface area (Å²) >= 11 is 0. The first kappa shape index (κ1) is 17.3. The van der Waals surface area contributed by atoms with Crippen LogP contribution in [-0.2, 0) is 14.9 Å². The number of esters is 1. The number of carbonyl (C=O) groups is 1. The van der Waals surface area contributed by atoms with Crippen molar-refractivity contribution in [2.45, 2.75) is 58.3 Å². The molecule has 1 aliphatic rings.